The van der Waals surface area contributed by atoms with E-state index in [1.165, 1.54) is 36.6 Å². The number of hydrogen-bond acceptors (Lipinski definition) is 6. The second-order valence-corrected chi connectivity index (χ2v) is 4.31. The van der Waals surface area contributed by atoms with Gasteiger partial charge in [0.25, 0.3) is 0 Å². The molecule has 8 heteroatoms. The highest BCUT2D eigenvalue weighted by molar-refractivity contribution is 5.89. The van der Waals surface area contributed by atoms with Gasteiger partial charge in [-0.3, -0.25) is 4.98 Å². The molecule has 0 unspecified atom stereocenters. The van der Waals surface area contributed by atoms with Gasteiger partial charge in [-0.2, -0.15) is 4.39 Å². The molecular weight excluding hydrogens is 289 g/mol. The fraction of sp³-hybridized carbons (Fsp3) is 0.0714. The quantitative estimate of drug-likeness (QED) is 0.540. The Balaban J connectivity index is 1.98. The van der Waals surface area contributed by atoms with E-state index in [1.807, 2.05) is 0 Å². The smallest absolute Gasteiger partial charge is 0.339 e. The van der Waals surface area contributed by atoms with Crippen molar-refractivity contribution in [1.82, 2.24) is 25.0 Å². The van der Waals surface area contributed by atoms with Crippen LogP contribution in [-0.2, 0) is 4.74 Å². The molecule has 0 aromatic carbocycles. The van der Waals surface area contributed by atoms with Crippen molar-refractivity contribution in [2.75, 3.05) is 7.11 Å². The van der Waals surface area contributed by atoms with Crippen LogP contribution in [0.2, 0.25) is 0 Å². The molecular formula is C14H10FN5O2. The summed E-state index contributed by atoms with van der Waals surface area (Å²) in [6.45, 7) is 0. The molecule has 0 aliphatic rings. The predicted molar refractivity (Wildman–Crippen MR) is 73.7 cm³/mol. The van der Waals surface area contributed by atoms with Crippen LogP contribution in [0.3, 0.4) is 0 Å². The highest BCUT2D eigenvalue weighted by atomic mass is 19.1. The van der Waals surface area contributed by atoms with Gasteiger partial charge in [0.2, 0.25) is 5.95 Å². The number of hydrogen-bond donors (Lipinski definition) is 0. The van der Waals surface area contributed by atoms with Gasteiger partial charge in [0.1, 0.15) is 5.69 Å². The van der Waals surface area contributed by atoms with Crippen LogP contribution in [0.5, 0.6) is 0 Å². The van der Waals surface area contributed by atoms with Crippen LogP contribution < -0.4 is 0 Å². The largest absolute Gasteiger partial charge is 0.465 e. The van der Waals surface area contributed by atoms with Crippen molar-refractivity contribution in [3.63, 3.8) is 0 Å². The highest BCUT2D eigenvalue weighted by Gasteiger charge is 2.12. The van der Waals surface area contributed by atoms with E-state index >= 15 is 0 Å². The molecule has 3 aromatic heterocycles. The van der Waals surface area contributed by atoms with E-state index < -0.39 is 11.9 Å². The first kappa shape index (κ1) is 13.8. The van der Waals surface area contributed by atoms with E-state index in [4.69, 9.17) is 0 Å². The molecule has 0 saturated carbocycles. The summed E-state index contributed by atoms with van der Waals surface area (Å²) in [7, 11) is 1.29. The van der Waals surface area contributed by atoms with Gasteiger partial charge in [0, 0.05) is 12.4 Å². The second-order valence-electron chi connectivity index (χ2n) is 4.31. The van der Waals surface area contributed by atoms with Crippen LogP contribution >= 0.6 is 0 Å². The van der Waals surface area contributed by atoms with E-state index in [1.54, 1.807) is 18.2 Å². The van der Waals surface area contributed by atoms with Crippen molar-refractivity contribution in [3.05, 3.63) is 54.5 Å². The fourth-order valence-electron chi connectivity index (χ4n) is 1.87. The number of halogens is 1. The van der Waals surface area contributed by atoms with Crippen molar-refractivity contribution in [3.8, 4) is 16.9 Å². The molecule has 22 heavy (non-hydrogen) atoms. The number of carbonyl (C=O) groups excluding carboxylic acids is 1. The molecule has 0 bridgehead atoms. The molecule has 0 radical (unpaired) electrons. The average molecular weight is 299 g/mol. The van der Waals surface area contributed by atoms with Crippen LogP contribution in [0, 0.1) is 5.95 Å². The zero-order chi connectivity index (χ0) is 15.5. The summed E-state index contributed by atoms with van der Waals surface area (Å²) in [5.74, 6) is -1.14. The lowest BCUT2D eigenvalue weighted by atomic mass is 10.2. The molecule has 0 N–H and O–H groups in total. The molecule has 0 aliphatic carbocycles. The standard InChI is InChI=1S/C14H10FN5O2/c1-22-14(21)9-5-10(7-16-6-9)20-8-12(18-19-20)11-3-2-4-17-13(11)15/h2-8H,1H3. The lowest BCUT2D eigenvalue weighted by Gasteiger charge is -2.02. The number of aromatic nitrogens is 5. The predicted octanol–water partition coefficient (Wildman–Crippen LogP) is 1.65. The van der Waals surface area contributed by atoms with Gasteiger partial charge in [-0.05, 0) is 18.2 Å². The summed E-state index contributed by atoms with van der Waals surface area (Å²) in [4.78, 5) is 19.0. The summed E-state index contributed by atoms with van der Waals surface area (Å²) in [5.41, 5.74) is 1.36. The molecule has 0 amide bonds. The highest BCUT2D eigenvalue weighted by Crippen LogP contribution is 2.19. The minimum Gasteiger partial charge on any atom is -0.465 e. The minimum absolute atomic E-state index is 0.242. The zero-order valence-electron chi connectivity index (χ0n) is 11.5. The Hall–Kier alpha value is -3.16. The van der Waals surface area contributed by atoms with E-state index in [2.05, 4.69) is 25.0 Å². The van der Waals surface area contributed by atoms with Crippen molar-refractivity contribution in [1.29, 1.82) is 0 Å². The van der Waals surface area contributed by atoms with Crippen LogP contribution in [0.25, 0.3) is 16.9 Å². The Bertz CT molecular complexity index is 833. The molecule has 0 atom stereocenters. The summed E-state index contributed by atoms with van der Waals surface area (Å²) >= 11 is 0. The number of carbonyl (C=O) groups is 1. The van der Waals surface area contributed by atoms with Gasteiger partial charge in [-0.25, -0.2) is 14.5 Å². The monoisotopic (exact) mass is 299 g/mol. The van der Waals surface area contributed by atoms with Crippen molar-refractivity contribution in [2.24, 2.45) is 0 Å². The topological polar surface area (TPSA) is 82.8 Å². The summed E-state index contributed by atoms with van der Waals surface area (Å²) < 4.78 is 19.7. The zero-order valence-corrected chi connectivity index (χ0v) is 11.5. The van der Waals surface area contributed by atoms with Crippen LogP contribution in [0.4, 0.5) is 4.39 Å². The van der Waals surface area contributed by atoms with E-state index in [-0.39, 0.29) is 11.1 Å². The third-order valence-electron chi connectivity index (χ3n) is 2.94. The summed E-state index contributed by atoms with van der Waals surface area (Å²) in [6.07, 6.45) is 5.77. The summed E-state index contributed by atoms with van der Waals surface area (Å²) in [5, 5.41) is 7.82. The van der Waals surface area contributed by atoms with Crippen molar-refractivity contribution < 1.29 is 13.9 Å². The molecule has 3 heterocycles. The number of nitrogens with zero attached hydrogens (tertiary/aromatic N) is 5. The molecule has 3 aromatic rings. The van der Waals surface area contributed by atoms with E-state index in [0.29, 0.717) is 11.4 Å². The minimum atomic E-state index is -0.629. The average Bonchev–Trinajstić information content (AvgIpc) is 3.04. The van der Waals surface area contributed by atoms with Gasteiger partial charge in [0.05, 0.1) is 36.3 Å². The summed E-state index contributed by atoms with van der Waals surface area (Å²) in [6, 6.07) is 4.72. The SMILES string of the molecule is COC(=O)c1cncc(-n2cc(-c3cccnc3F)nn2)c1. The van der Waals surface area contributed by atoms with Gasteiger partial charge < -0.3 is 4.74 Å². The number of esters is 1. The van der Waals surface area contributed by atoms with Gasteiger partial charge >= 0.3 is 5.97 Å². The first-order chi connectivity index (χ1) is 10.7. The third-order valence-corrected chi connectivity index (χ3v) is 2.94. The number of ether oxygens (including phenoxy) is 1. The fourth-order valence-corrected chi connectivity index (χ4v) is 1.87. The van der Waals surface area contributed by atoms with Gasteiger partial charge in [-0.15, -0.1) is 5.10 Å². The molecule has 7 nitrogen and oxygen atoms in total. The Morgan fingerprint density at radius 3 is 3.00 bits per heavy atom. The van der Waals surface area contributed by atoms with Crippen molar-refractivity contribution in [2.45, 2.75) is 0 Å². The first-order valence-corrected chi connectivity index (χ1v) is 6.26. The van der Waals surface area contributed by atoms with Crippen LogP contribution in [0.15, 0.2) is 43.0 Å². The number of pyridine rings is 2. The van der Waals surface area contributed by atoms with Crippen LogP contribution in [-0.4, -0.2) is 38.0 Å². The van der Waals surface area contributed by atoms with E-state index in [0.717, 1.165) is 0 Å². The second kappa shape index (κ2) is 5.68. The third kappa shape index (κ3) is 2.53. The maximum absolute atomic E-state index is 13.6. The maximum Gasteiger partial charge on any atom is 0.339 e. The Morgan fingerprint density at radius 2 is 2.23 bits per heavy atom. The Morgan fingerprint density at radius 1 is 1.36 bits per heavy atom. The normalized spacial score (nSPS) is 10.5. The first-order valence-electron chi connectivity index (χ1n) is 6.26. The van der Waals surface area contributed by atoms with E-state index in [9.17, 15) is 9.18 Å². The maximum atomic E-state index is 13.6. The lowest BCUT2D eigenvalue weighted by molar-refractivity contribution is 0.0600. The van der Waals surface area contributed by atoms with Crippen molar-refractivity contribution >= 4 is 5.97 Å². The van der Waals surface area contributed by atoms with Crippen LogP contribution in [0.1, 0.15) is 10.4 Å². The molecule has 3 rings (SSSR count). The lowest BCUT2D eigenvalue weighted by Crippen LogP contribution is -2.04. The number of rotatable bonds is 3. The van der Waals surface area contributed by atoms with Gasteiger partial charge in [-0.1, -0.05) is 5.21 Å². The van der Waals surface area contributed by atoms with Gasteiger partial charge in [0.15, 0.2) is 0 Å². The molecule has 0 spiro atoms. The Kier molecular flexibility index (Phi) is 3.57. The molecule has 0 aliphatic heterocycles. The molecule has 0 saturated heterocycles. The Labute approximate surface area is 124 Å². The molecule has 110 valence electrons. The molecule has 0 fully saturated rings. The number of methoxy groups -OCH3 is 1.